The first-order valence-corrected chi connectivity index (χ1v) is 10.9. The second kappa shape index (κ2) is 8.35. The minimum atomic E-state index is -0.112. The van der Waals surface area contributed by atoms with Crippen molar-refractivity contribution in [3.8, 4) is 0 Å². The molecule has 4 rings (SSSR count). The number of carbonyl (C=O) groups excluding carboxylic acids is 2. The van der Waals surface area contributed by atoms with E-state index in [4.69, 9.17) is 4.74 Å². The van der Waals surface area contributed by atoms with Crippen LogP contribution >= 0.6 is 0 Å². The Morgan fingerprint density at radius 3 is 2.59 bits per heavy atom. The van der Waals surface area contributed by atoms with E-state index in [9.17, 15) is 9.59 Å². The van der Waals surface area contributed by atoms with Crippen LogP contribution in [0, 0.1) is 0 Å². The number of esters is 1. The minimum absolute atomic E-state index is 0.112. The first-order chi connectivity index (χ1) is 13.2. The smallest absolute Gasteiger partial charge is 0.320 e. The van der Waals surface area contributed by atoms with Gasteiger partial charge in [-0.25, -0.2) is 4.79 Å². The Bertz CT molecular complexity index is 549. The van der Waals surface area contributed by atoms with E-state index >= 15 is 0 Å². The summed E-state index contributed by atoms with van der Waals surface area (Å²) >= 11 is 0. The van der Waals surface area contributed by atoms with Crippen LogP contribution in [0.15, 0.2) is 0 Å². The van der Waals surface area contributed by atoms with Crippen LogP contribution in [0.25, 0.3) is 0 Å². The van der Waals surface area contributed by atoms with Crippen LogP contribution in [0.4, 0.5) is 4.79 Å². The summed E-state index contributed by atoms with van der Waals surface area (Å²) in [6.45, 7) is 6.77. The molecule has 152 valence electrons. The average molecular weight is 379 g/mol. The summed E-state index contributed by atoms with van der Waals surface area (Å²) in [7, 11) is 0. The molecule has 7 nitrogen and oxygen atoms in total. The van der Waals surface area contributed by atoms with Crippen molar-refractivity contribution in [3.05, 3.63) is 0 Å². The summed E-state index contributed by atoms with van der Waals surface area (Å²) in [5.74, 6) is -0.112. The third kappa shape index (κ3) is 4.09. The van der Waals surface area contributed by atoms with Crippen LogP contribution in [-0.4, -0.2) is 90.2 Å². The highest BCUT2D eigenvalue weighted by Crippen LogP contribution is 2.33. The number of hydrogen-bond donors (Lipinski definition) is 1. The van der Waals surface area contributed by atoms with Crippen molar-refractivity contribution in [1.82, 2.24) is 20.0 Å². The molecule has 4 fully saturated rings. The second-order valence-electron chi connectivity index (χ2n) is 8.56. The number of hydrogen-bond acceptors (Lipinski definition) is 5. The lowest BCUT2D eigenvalue weighted by Gasteiger charge is -2.42. The third-order valence-corrected chi connectivity index (χ3v) is 6.94. The predicted molar refractivity (Wildman–Crippen MR) is 102 cm³/mol. The highest BCUT2D eigenvalue weighted by molar-refractivity contribution is 5.78. The Hall–Kier alpha value is -1.34. The predicted octanol–water partition coefficient (Wildman–Crippen LogP) is 1.42. The molecule has 0 aromatic carbocycles. The molecular weight excluding hydrogens is 344 g/mol. The molecule has 7 heteroatoms. The first-order valence-electron chi connectivity index (χ1n) is 10.9. The molecule has 0 aromatic rings. The lowest BCUT2D eigenvalue weighted by molar-refractivity contribution is -0.144. The fourth-order valence-electron chi connectivity index (χ4n) is 5.61. The molecule has 27 heavy (non-hydrogen) atoms. The highest BCUT2D eigenvalue weighted by atomic mass is 16.5. The maximum absolute atomic E-state index is 12.5. The van der Waals surface area contributed by atoms with Gasteiger partial charge in [-0.2, -0.15) is 0 Å². The first kappa shape index (κ1) is 19.0. The fourth-order valence-corrected chi connectivity index (χ4v) is 5.61. The van der Waals surface area contributed by atoms with Crippen molar-refractivity contribution in [1.29, 1.82) is 0 Å². The number of rotatable bonds is 5. The molecule has 1 saturated carbocycles. The van der Waals surface area contributed by atoms with Crippen LogP contribution in [0.3, 0.4) is 0 Å². The molecule has 3 saturated heterocycles. The van der Waals surface area contributed by atoms with Crippen molar-refractivity contribution in [2.75, 3.05) is 39.3 Å². The largest absolute Gasteiger partial charge is 0.465 e. The van der Waals surface area contributed by atoms with E-state index in [1.807, 2.05) is 6.92 Å². The zero-order valence-electron chi connectivity index (χ0n) is 16.6. The summed E-state index contributed by atoms with van der Waals surface area (Å²) in [5, 5.41) is 3.23. The van der Waals surface area contributed by atoms with E-state index in [0.717, 1.165) is 58.3 Å². The van der Waals surface area contributed by atoms with E-state index in [-0.39, 0.29) is 12.0 Å². The fraction of sp³-hybridized carbons (Fsp3) is 0.900. The molecule has 2 unspecified atom stereocenters. The SMILES string of the molecule is CCOC(=O)CN1CCC(N2CCC(N3C(=O)NC4CCCC[C@H]43)CC2)C1. The van der Waals surface area contributed by atoms with Gasteiger partial charge in [0.1, 0.15) is 0 Å². The summed E-state index contributed by atoms with van der Waals surface area (Å²) in [6, 6.07) is 1.92. The molecule has 0 aromatic heterocycles. The van der Waals surface area contributed by atoms with Crippen molar-refractivity contribution >= 4 is 12.0 Å². The molecule has 0 spiro atoms. The number of piperidine rings is 1. The molecule has 0 bridgehead atoms. The van der Waals surface area contributed by atoms with Gasteiger partial charge in [-0.1, -0.05) is 12.8 Å². The molecule has 0 radical (unpaired) electrons. The van der Waals surface area contributed by atoms with Crippen molar-refractivity contribution in [2.45, 2.75) is 76.0 Å². The molecule has 4 aliphatic rings. The molecule has 1 aliphatic carbocycles. The van der Waals surface area contributed by atoms with Crippen LogP contribution in [-0.2, 0) is 9.53 Å². The number of likely N-dealkylation sites (tertiary alicyclic amines) is 2. The zero-order chi connectivity index (χ0) is 18.8. The van der Waals surface area contributed by atoms with Crippen LogP contribution in [0.2, 0.25) is 0 Å². The Balaban J connectivity index is 1.26. The minimum Gasteiger partial charge on any atom is -0.465 e. The van der Waals surface area contributed by atoms with Gasteiger partial charge in [0.05, 0.1) is 25.2 Å². The zero-order valence-corrected chi connectivity index (χ0v) is 16.6. The van der Waals surface area contributed by atoms with Crippen molar-refractivity contribution < 1.29 is 14.3 Å². The summed E-state index contributed by atoms with van der Waals surface area (Å²) in [4.78, 5) is 31.2. The lowest BCUT2D eigenvalue weighted by Crippen LogP contribution is -2.52. The Morgan fingerprint density at radius 2 is 1.81 bits per heavy atom. The average Bonchev–Trinajstić information content (AvgIpc) is 3.25. The van der Waals surface area contributed by atoms with Gasteiger partial charge in [0.25, 0.3) is 0 Å². The molecule has 2 amide bonds. The number of amides is 2. The number of nitrogens with zero attached hydrogens (tertiary/aromatic N) is 3. The van der Waals surface area contributed by atoms with Gasteiger partial charge in [-0.15, -0.1) is 0 Å². The van der Waals surface area contributed by atoms with E-state index < -0.39 is 0 Å². The van der Waals surface area contributed by atoms with E-state index in [1.165, 1.54) is 12.8 Å². The monoisotopic (exact) mass is 378 g/mol. The van der Waals surface area contributed by atoms with Gasteiger partial charge in [-0.3, -0.25) is 14.6 Å². The van der Waals surface area contributed by atoms with Crippen LogP contribution in [0.5, 0.6) is 0 Å². The second-order valence-corrected chi connectivity index (χ2v) is 8.56. The lowest BCUT2D eigenvalue weighted by atomic mass is 9.89. The van der Waals surface area contributed by atoms with Gasteiger partial charge in [-0.05, 0) is 39.0 Å². The summed E-state index contributed by atoms with van der Waals surface area (Å²) in [5.41, 5.74) is 0. The van der Waals surface area contributed by atoms with Gasteiger partial charge in [0.2, 0.25) is 0 Å². The maximum atomic E-state index is 12.5. The van der Waals surface area contributed by atoms with Gasteiger partial charge >= 0.3 is 12.0 Å². The maximum Gasteiger partial charge on any atom is 0.320 e. The number of urea groups is 1. The quantitative estimate of drug-likeness (QED) is 0.733. The number of carbonyl (C=O) groups is 2. The normalized spacial score (nSPS) is 33.1. The van der Waals surface area contributed by atoms with Crippen LogP contribution < -0.4 is 5.32 Å². The molecule has 1 N–H and O–H groups in total. The van der Waals surface area contributed by atoms with Crippen molar-refractivity contribution in [2.24, 2.45) is 0 Å². The standard InChI is InChI=1S/C20H34N4O3/c1-2-27-19(25)14-22-10-7-16(13-22)23-11-8-15(9-12-23)24-18-6-4-3-5-17(18)21-20(24)26/h15-18H,2-14H2,1H3,(H,21,26)/t16?,17?,18-/m1/s1. The summed E-state index contributed by atoms with van der Waals surface area (Å²) < 4.78 is 5.07. The van der Waals surface area contributed by atoms with E-state index in [0.29, 0.717) is 37.3 Å². The van der Waals surface area contributed by atoms with Crippen LogP contribution in [0.1, 0.15) is 51.9 Å². The van der Waals surface area contributed by atoms with E-state index in [2.05, 4.69) is 20.0 Å². The number of ether oxygens (including phenoxy) is 1. The molecular formula is C20H34N4O3. The topological polar surface area (TPSA) is 65.1 Å². The number of fused-ring (bicyclic) bond motifs is 1. The summed E-state index contributed by atoms with van der Waals surface area (Å²) in [6.07, 6.45) is 8.08. The van der Waals surface area contributed by atoms with Crippen molar-refractivity contribution in [3.63, 3.8) is 0 Å². The Labute approximate surface area is 162 Å². The molecule has 3 atom stereocenters. The Morgan fingerprint density at radius 1 is 1.07 bits per heavy atom. The van der Waals surface area contributed by atoms with Gasteiger partial charge in [0.15, 0.2) is 0 Å². The van der Waals surface area contributed by atoms with E-state index in [1.54, 1.807) is 0 Å². The Kier molecular flexibility index (Phi) is 5.88. The highest BCUT2D eigenvalue weighted by Gasteiger charge is 2.44. The third-order valence-electron chi connectivity index (χ3n) is 6.94. The molecule has 3 heterocycles. The molecule has 3 aliphatic heterocycles. The van der Waals surface area contributed by atoms with Gasteiger partial charge < -0.3 is 15.0 Å². The van der Waals surface area contributed by atoms with Gasteiger partial charge in [0, 0.05) is 38.3 Å². The number of nitrogens with one attached hydrogen (secondary N) is 1.